The summed E-state index contributed by atoms with van der Waals surface area (Å²) in [4.78, 5) is 0. The summed E-state index contributed by atoms with van der Waals surface area (Å²) < 4.78 is 33.8. The van der Waals surface area contributed by atoms with Crippen LogP contribution in [0.5, 0.6) is 0 Å². The minimum Gasteiger partial charge on any atom is -0.531 e. The third-order valence-electron chi connectivity index (χ3n) is 2.82. The van der Waals surface area contributed by atoms with E-state index in [4.69, 9.17) is 4.74 Å². The number of nitrogens with zero attached hydrogens (tertiary/aromatic N) is 3. The van der Waals surface area contributed by atoms with E-state index in [0.717, 1.165) is 4.41 Å². The van der Waals surface area contributed by atoms with Crippen molar-refractivity contribution < 1.29 is 42.7 Å². The quantitative estimate of drug-likeness (QED) is 0.326. The first-order valence-corrected chi connectivity index (χ1v) is 7.87. The topological polar surface area (TPSA) is 73.1 Å². The van der Waals surface area contributed by atoms with Gasteiger partial charge in [0, 0.05) is 5.56 Å². The molecule has 0 unspecified atom stereocenters. The van der Waals surface area contributed by atoms with E-state index in [-0.39, 0.29) is 35.5 Å². The summed E-state index contributed by atoms with van der Waals surface area (Å²) in [6.07, 6.45) is 0. The van der Waals surface area contributed by atoms with Crippen molar-refractivity contribution in [3.05, 3.63) is 70.9 Å². The van der Waals surface area contributed by atoms with Gasteiger partial charge in [-0.05, 0) is 24.3 Å². The van der Waals surface area contributed by atoms with E-state index < -0.39 is 10.2 Å². The number of benzene rings is 2. The van der Waals surface area contributed by atoms with Gasteiger partial charge in [0.1, 0.15) is 0 Å². The van der Waals surface area contributed by atoms with Gasteiger partial charge in [-0.3, -0.25) is 0 Å². The van der Waals surface area contributed by atoms with Crippen LogP contribution in [-0.2, 0) is 14.9 Å². The Labute approximate surface area is 158 Å². The summed E-state index contributed by atoms with van der Waals surface area (Å²) >= 11 is 0. The first kappa shape index (κ1) is 19.7. The minimum absolute atomic E-state index is 0. The van der Waals surface area contributed by atoms with Crippen molar-refractivity contribution >= 4 is 21.8 Å². The Morgan fingerprint density at radius 3 is 2.04 bits per heavy atom. The molecule has 0 atom stereocenters. The number of rotatable bonds is 5. The average molecular weight is 341 g/mol. The van der Waals surface area contributed by atoms with Crippen LogP contribution in [0.25, 0.3) is 4.72 Å². The van der Waals surface area contributed by atoms with Crippen molar-refractivity contribution in [1.82, 2.24) is 0 Å². The van der Waals surface area contributed by atoms with Crippen LogP contribution in [0.2, 0.25) is 0 Å². The van der Waals surface area contributed by atoms with E-state index in [0.29, 0.717) is 11.3 Å². The smallest absolute Gasteiger partial charge is 0.531 e. The zero-order valence-electron chi connectivity index (χ0n) is 13.2. The van der Waals surface area contributed by atoms with E-state index in [9.17, 15) is 8.42 Å². The van der Waals surface area contributed by atoms with Crippen molar-refractivity contribution in [2.75, 3.05) is 18.6 Å². The molecular weight excluding hydrogens is 325 g/mol. The van der Waals surface area contributed by atoms with Crippen molar-refractivity contribution in [2.24, 2.45) is 5.10 Å². The predicted octanol–water partition coefficient (Wildman–Crippen LogP) is -0.246. The van der Waals surface area contributed by atoms with Crippen LogP contribution in [0.3, 0.4) is 0 Å². The standard InChI is InChI=1S/C15H16N3O3S.Na/c1-16-22(19,20)18(14-11-7-4-8-12-14)17-15(21-2)13-9-5-3-6-10-13;/h3-12H,1-2H3;/q-1;+1/b17-15-;. The number of anilines is 1. The molecule has 23 heavy (non-hydrogen) atoms. The van der Waals surface area contributed by atoms with Crippen LogP contribution in [0.1, 0.15) is 5.56 Å². The Balaban J connectivity index is 0.00000264. The van der Waals surface area contributed by atoms with Gasteiger partial charge in [-0.1, -0.05) is 36.4 Å². The van der Waals surface area contributed by atoms with Gasteiger partial charge in [0.2, 0.25) is 5.90 Å². The fraction of sp³-hybridized carbons (Fsp3) is 0.133. The van der Waals surface area contributed by atoms with Gasteiger partial charge in [-0.15, -0.1) is 12.1 Å². The Morgan fingerprint density at radius 1 is 1.04 bits per heavy atom. The molecule has 0 saturated carbocycles. The van der Waals surface area contributed by atoms with Crippen LogP contribution < -0.4 is 34.0 Å². The number of hydrogen-bond acceptors (Lipinski definition) is 4. The number of ether oxygens (including phenoxy) is 1. The Hall–Kier alpha value is -1.38. The van der Waals surface area contributed by atoms with E-state index in [1.54, 1.807) is 42.5 Å². The van der Waals surface area contributed by atoms with Gasteiger partial charge in [-0.2, -0.15) is 4.41 Å². The molecule has 6 nitrogen and oxygen atoms in total. The van der Waals surface area contributed by atoms with Gasteiger partial charge >= 0.3 is 29.6 Å². The fourth-order valence-corrected chi connectivity index (χ4v) is 2.48. The molecule has 0 fully saturated rings. The minimum atomic E-state index is -3.94. The molecule has 0 aliphatic carbocycles. The van der Waals surface area contributed by atoms with Crippen molar-refractivity contribution in [3.63, 3.8) is 0 Å². The van der Waals surface area contributed by atoms with E-state index in [1.165, 1.54) is 14.2 Å². The molecule has 0 aliphatic heterocycles. The summed E-state index contributed by atoms with van der Waals surface area (Å²) in [6.45, 7) is 0. The van der Waals surface area contributed by atoms with Crippen molar-refractivity contribution in [3.8, 4) is 0 Å². The fourth-order valence-electron chi connectivity index (χ4n) is 1.76. The molecule has 0 heterocycles. The van der Waals surface area contributed by atoms with Crippen molar-refractivity contribution in [2.45, 2.75) is 0 Å². The Kier molecular flexibility index (Phi) is 7.74. The maximum Gasteiger partial charge on any atom is 1.00 e. The molecule has 8 heteroatoms. The second-order valence-corrected chi connectivity index (χ2v) is 5.82. The zero-order valence-corrected chi connectivity index (χ0v) is 16.1. The second-order valence-electron chi connectivity index (χ2n) is 4.21. The molecule has 2 aromatic rings. The monoisotopic (exact) mass is 341 g/mol. The molecule has 0 amide bonds. The van der Waals surface area contributed by atoms with E-state index in [2.05, 4.69) is 9.82 Å². The largest absolute Gasteiger partial charge is 1.00 e. The van der Waals surface area contributed by atoms with Crippen LogP contribution in [0.4, 0.5) is 5.69 Å². The molecule has 2 aromatic carbocycles. The molecule has 0 aliphatic rings. The van der Waals surface area contributed by atoms with Gasteiger partial charge in [-0.25, -0.2) is 8.42 Å². The van der Waals surface area contributed by atoms with E-state index >= 15 is 0 Å². The summed E-state index contributed by atoms with van der Waals surface area (Å²) in [5, 5.41) is 4.12. The van der Waals surface area contributed by atoms with Crippen LogP contribution >= 0.6 is 0 Å². The predicted molar refractivity (Wildman–Crippen MR) is 87.1 cm³/mol. The number of para-hydroxylation sites is 1. The third-order valence-corrected chi connectivity index (χ3v) is 4.01. The third kappa shape index (κ3) is 5.05. The second kappa shape index (κ2) is 9.05. The van der Waals surface area contributed by atoms with Crippen LogP contribution in [-0.4, -0.2) is 28.5 Å². The van der Waals surface area contributed by atoms with Gasteiger partial charge in [0.15, 0.2) is 10.2 Å². The zero-order chi connectivity index (χ0) is 16.0. The molecule has 0 spiro atoms. The average Bonchev–Trinajstić information content (AvgIpc) is 2.57. The first-order valence-electron chi connectivity index (χ1n) is 6.48. The molecule has 0 radical (unpaired) electrons. The molecule has 0 aromatic heterocycles. The number of methoxy groups -OCH3 is 1. The molecule has 116 valence electrons. The molecular formula is C15H16N3NaO3S. The Morgan fingerprint density at radius 2 is 1.57 bits per heavy atom. The summed E-state index contributed by atoms with van der Waals surface area (Å²) in [6, 6.07) is 17.5. The maximum absolute atomic E-state index is 12.2. The van der Waals surface area contributed by atoms with Crippen LogP contribution in [0.15, 0.2) is 65.8 Å². The van der Waals surface area contributed by atoms with Gasteiger partial charge in [0.25, 0.3) is 0 Å². The summed E-state index contributed by atoms with van der Waals surface area (Å²) in [7, 11) is -1.30. The number of hydrogen-bond donors (Lipinski definition) is 0. The number of hydrazone groups is 1. The SMILES string of the molecule is C[N-]S(=O)(=O)N(/N=C(\OC)c1ccccc1)c1ccccc1.[Na+]. The normalized spacial score (nSPS) is 11.5. The summed E-state index contributed by atoms with van der Waals surface area (Å²) in [5.41, 5.74) is 1.04. The van der Waals surface area contributed by atoms with E-state index in [1.807, 2.05) is 18.2 Å². The van der Waals surface area contributed by atoms with Gasteiger partial charge < -0.3 is 9.46 Å². The first-order chi connectivity index (χ1) is 10.6. The molecule has 0 saturated heterocycles. The Bertz CT molecular complexity index is 737. The molecule has 2 rings (SSSR count). The van der Waals surface area contributed by atoms with Crippen LogP contribution in [0, 0.1) is 0 Å². The molecule has 0 bridgehead atoms. The maximum atomic E-state index is 12.2. The van der Waals surface area contributed by atoms with Crippen molar-refractivity contribution in [1.29, 1.82) is 0 Å². The molecule has 0 N–H and O–H groups in total. The van der Waals surface area contributed by atoms with Gasteiger partial charge in [0.05, 0.1) is 12.8 Å². The summed E-state index contributed by atoms with van der Waals surface area (Å²) in [5.74, 6) is 0.177.